The van der Waals surface area contributed by atoms with Crippen LogP contribution in [0.25, 0.3) is 0 Å². The summed E-state index contributed by atoms with van der Waals surface area (Å²) < 4.78 is 12.8. The largest absolute Gasteiger partial charge is 0.338 e. The van der Waals surface area contributed by atoms with E-state index in [1.165, 1.54) is 37.9 Å². The van der Waals surface area contributed by atoms with E-state index in [-0.39, 0.29) is 11.8 Å². The van der Waals surface area contributed by atoms with Gasteiger partial charge in [-0.25, -0.2) is 9.18 Å². The van der Waals surface area contributed by atoms with Gasteiger partial charge in [0.05, 0.1) is 0 Å². The number of benzene rings is 1. The first kappa shape index (κ1) is 17.7. The van der Waals surface area contributed by atoms with E-state index in [0.717, 1.165) is 18.5 Å². The molecule has 1 unspecified atom stereocenters. The van der Waals surface area contributed by atoms with Crippen molar-refractivity contribution in [2.24, 2.45) is 0 Å². The van der Waals surface area contributed by atoms with Gasteiger partial charge in [-0.2, -0.15) is 0 Å². The van der Waals surface area contributed by atoms with E-state index in [1.54, 1.807) is 12.1 Å². The molecular formula is C18H28FN3O. The number of carbonyl (C=O) groups excluding carboxylic acids is 1. The average Bonchev–Trinajstić information content (AvgIpc) is 2.55. The summed E-state index contributed by atoms with van der Waals surface area (Å²) in [7, 11) is 0. The van der Waals surface area contributed by atoms with Gasteiger partial charge in [0.15, 0.2) is 0 Å². The van der Waals surface area contributed by atoms with Crippen LogP contribution in [0.2, 0.25) is 0 Å². The van der Waals surface area contributed by atoms with Crippen LogP contribution in [-0.2, 0) is 6.42 Å². The predicted molar refractivity (Wildman–Crippen MR) is 91.0 cm³/mol. The third-order valence-corrected chi connectivity index (χ3v) is 4.46. The van der Waals surface area contributed by atoms with Crippen molar-refractivity contribution in [3.63, 3.8) is 0 Å². The Kier molecular flexibility index (Phi) is 7.33. The first-order valence-corrected chi connectivity index (χ1v) is 8.65. The molecule has 0 bridgehead atoms. The van der Waals surface area contributed by atoms with E-state index in [1.807, 2.05) is 0 Å². The molecule has 0 aliphatic carbocycles. The lowest BCUT2D eigenvalue weighted by atomic mass is 10.0. The molecule has 0 aromatic heterocycles. The molecule has 2 N–H and O–H groups in total. The Hall–Kier alpha value is -1.62. The Morgan fingerprint density at radius 2 is 1.96 bits per heavy atom. The summed E-state index contributed by atoms with van der Waals surface area (Å²) in [6, 6.07) is 6.92. The lowest BCUT2D eigenvalue weighted by Gasteiger charge is -2.33. The van der Waals surface area contributed by atoms with Gasteiger partial charge in [-0.1, -0.05) is 18.6 Å². The zero-order valence-corrected chi connectivity index (χ0v) is 14.0. The average molecular weight is 321 g/mol. The molecule has 0 saturated carbocycles. The van der Waals surface area contributed by atoms with Crippen molar-refractivity contribution in [2.45, 2.75) is 45.1 Å². The molecule has 2 amide bonds. The van der Waals surface area contributed by atoms with E-state index in [0.29, 0.717) is 25.6 Å². The Morgan fingerprint density at radius 3 is 2.70 bits per heavy atom. The van der Waals surface area contributed by atoms with E-state index < -0.39 is 0 Å². The van der Waals surface area contributed by atoms with Crippen LogP contribution in [0.5, 0.6) is 0 Å². The number of carbonyl (C=O) groups is 1. The Labute approximate surface area is 138 Å². The Bertz CT molecular complexity index is 478. The third-order valence-electron chi connectivity index (χ3n) is 4.46. The van der Waals surface area contributed by atoms with Crippen molar-refractivity contribution in [3.8, 4) is 0 Å². The normalized spacial score (nSPS) is 18.6. The molecule has 1 aromatic carbocycles. The fourth-order valence-electron chi connectivity index (χ4n) is 3.01. The van der Waals surface area contributed by atoms with Crippen molar-refractivity contribution in [2.75, 3.05) is 26.2 Å². The highest BCUT2D eigenvalue weighted by molar-refractivity contribution is 5.73. The second kappa shape index (κ2) is 9.50. The van der Waals surface area contributed by atoms with E-state index in [2.05, 4.69) is 22.5 Å². The number of hydrogen-bond donors (Lipinski definition) is 2. The zero-order chi connectivity index (χ0) is 16.5. The van der Waals surface area contributed by atoms with Crippen LogP contribution in [0.3, 0.4) is 0 Å². The maximum Gasteiger partial charge on any atom is 0.314 e. The minimum Gasteiger partial charge on any atom is -0.338 e. The first-order chi connectivity index (χ1) is 11.1. The third kappa shape index (κ3) is 6.57. The first-order valence-electron chi connectivity index (χ1n) is 8.65. The molecule has 23 heavy (non-hydrogen) atoms. The van der Waals surface area contributed by atoms with E-state index in [9.17, 15) is 9.18 Å². The van der Waals surface area contributed by atoms with Gasteiger partial charge in [-0.3, -0.25) is 0 Å². The van der Waals surface area contributed by atoms with Crippen LogP contribution < -0.4 is 10.6 Å². The summed E-state index contributed by atoms with van der Waals surface area (Å²) >= 11 is 0. The van der Waals surface area contributed by atoms with Gasteiger partial charge in [-0.05, 0) is 56.8 Å². The molecule has 4 nitrogen and oxygen atoms in total. The number of hydrogen-bond acceptors (Lipinski definition) is 2. The summed E-state index contributed by atoms with van der Waals surface area (Å²) in [5, 5.41) is 5.73. The van der Waals surface area contributed by atoms with Crippen molar-refractivity contribution in [3.05, 3.63) is 35.6 Å². The molecule has 1 aliphatic heterocycles. The maximum absolute atomic E-state index is 12.8. The lowest BCUT2D eigenvalue weighted by molar-refractivity contribution is 0.159. The number of nitrogens with zero attached hydrogens (tertiary/aromatic N) is 1. The molecule has 128 valence electrons. The summed E-state index contributed by atoms with van der Waals surface area (Å²) in [6.07, 6.45) is 5.61. The van der Waals surface area contributed by atoms with Crippen LogP contribution in [0.15, 0.2) is 24.3 Å². The number of piperidine rings is 1. The Morgan fingerprint density at radius 1 is 1.22 bits per heavy atom. The summed E-state index contributed by atoms with van der Waals surface area (Å²) in [4.78, 5) is 14.2. The maximum atomic E-state index is 12.8. The van der Waals surface area contributed by atoms with Gasteiger partial charge in [0.1, 0.15) is 5.82 Å². The zero-order valence-electron chi connectivity index (χ0n) is 14.0. The van der Waals surface area contributed by atoms with Crippen LogP contribution in [0, 0.1) is 5.82 Å². The highest BCUT2D eigenvalue weighted by Gasteiger charge is 2.17. The molecule has 1 saturated heterocycles. The standard InChI is InChI=1S/C18H28FN3O/c1-15-5-2-3-13-22(15)14-4-11-20-18(23)21-12-10-16-6-8-17(19)9-7-16/h6-9,15H,2-5,10-14H2,1H3,(H2,20,21,23). The second-order valence-electron chi connectivity index (χ2n) is 6.29. The van der Waals surface area contributed by atoms with Crippen molar-refractivity contribution in [1.29, 1.82) is 0 Å². The fraction of sp³-hybridized carbons (Fsp3) is 0.611. The van der Waals surface area contributed by atoms with E-state index in [4.69, 9.17) is 0 Å². The molecule has 0 radical (unpaired) electrons. The van der Waals surface area contributed by atoms with Gasteiger partial charge in [-0.15, -0.1) is 0 Å². The molecule has 5 heteroatoms. The summed E-state index contributed by atoms with van der Waals surface area (Å²) in [5.41, 5.74) is 1.02. The summed E-state index contributed by atoms with van der Waals surface area (Å²) in [5.74, 6) is -0.234. The fourth-order valence-corrected chi connectivity index (χ4v) is 3.01. The van der Waals surface area contributed by atoms with Gasteiger partial charge >= 0.3 is 6.03 Å². The SMILES string of the molecule is CC1CCCCN1CCCNC(=O)NCCc1ccc(F)cc1. The molecule has 1 heterocycles. The predicted octanol–water partition coefficient (Wildman–Crippen LogP) is 2.93. The van der Waals surface area contributed by atoms with E-state index >= 15 is 0 Å². The number of amides is 2. The monoisotopic (exact) mass is 321 g/mol. The number of urea groups is 1. The van der Waals surface area contributed by atoms with Gasteiger partial charge in [0, 0.05) is 25.7 Å². The second-order valence-corrected chi connectivity index (χ2v) is 6.29. The molecule has 0 spiro atoms. The van der Waals surface area contributed by atoms with Gasteiger partial charge in [0.25, 0.3) is 0 Å². The lowest BCUT2D eigenvalue weighted by Crippen LogP contribution is -2.41. The number of rotatable bonds is 7. The molecule has 1 aromatic rings. The topological polar surface area (TPSA) is 44.4 Å². The quantitative estimate of drug-likeness (QED) is 0.759. The van der Waals surface area contributed by atoms with Crippen LogP contribution in [0.1, 0.15) is 38.2 Å². The van der Waals surface area contributed by atoms with Crippen molar-refractivity contribution >= 4 is 6.03 Å². The number of halogens is 1. The van der Waals surface area contributed by atoms with Crippen LogP contribution in [-0.4, -0.2) is 43.2 Å². The number of likely N-dealkylation sites (tertiary alicyclic amines) is 1. The van der Waals surface area contributed by atoms with Crippen molar-refractivity contribution < 1.29 is 9.18 Å². The minimum atomic E-state index is -0.234. The highest BCUT2D eigenvalue weighted by Crippen LogP contribution is 2.15. The van der Waals surface area contributed by atoms with Gasteiger partial charge in [0.2, 0.25) is 0 Å². The van der Waals surface area contributed by atoms with Crippen molar-refractivity contribution in [1.82, 2.24) is 15.5 Å². The van der Waals surface area contributed by atoms with Gasteiger partial charge < -0.3 is 15.5 Å². The number of nitrogens with one attached hydrogen (secondary N) is 2. The Balaban J connectivity index is 1.52. The van der Waals surface area contributed by atoms with Crippen LogP contribution >= 0.6 is 0 Å². The molecule has 1 aliphatic rings. The highest BCUT2D eigenvalue weighted by atomic mass is 19.1. The summed E-state index contributed by atoms with van der Waals surface area (Å²) in [6.45, 7) is 5.78. The minimum absolute atomic E-state index is 0.126. The molecule has 1 atom stereocenters. The molecular weight excluding hydrogens is 293 g/mol. The smallest absolute Gasteiger partial charge is 0.314 e. The molecule has 2 rings (SSSR count). The molecule has 1 fully saturated rings. The van der Waals surface area contributed by atoms with Crippen LogP contribution in [0.4, 0.5) is 9.18 Å².